The van der Waals surface area contributed by atoms with E-state index in [-0.39, 0.29) is 0 Å². The molecule has 84 valence electrons. The van der Waals surface area contributed by atoms with E-state index in [1.807, 2.05) is 12.1 Å². The largest absolute Gasteiger partial charge is 0.329 e. The van der Waals surface area contributed by atoms with E-state index in [4.69, 9.17) is 11.5 Å². The average Bonchev–Trinajstić information content (AvgIpc) is 2.41. The van der Waals surface area contributed by atoms with Crippen LogP contribution in [0, 0.1) is 0 Å². The monoisotopic (exact) mass is 214 g/mol. The molecule has 0 amide bonds. The zero-order valence-corrected chi connectivity index (χ0v) is 9.34. The van der Waals surface area contributed by atoms with Crippen molar-refractivity contribution in [1.82, 2.24) is 0 Å². The lowest BCUT2D eigenvalue weighted by Crippen LogP contribution is -2.11. The number of nitrogens with two attached hydrogens (primary N) is 2. The van der Waals surface area contributed by atoms with E-state index in [2.05, 4.69) is 48.5 Å². The average molecular weight is 214 g/mol. The molecule has 0 spiro atoms. The Kier molecular flexibility index (Phi) is 5.92. The minimum Gasteiger partial charge on any atom is -0.329 e. The van der Waals surface area contributed by atoms with Gasteiger partial charge in [-0.25, -0.2) is 0 Å². The van der Waals surface area contributed by atoms with Gasteiger partial charge in [-0.15, -0.1) is 0 Å². The Morgan fingerprint density at radius 3 is 1.12 bits per heavy atom. The van der Waals surface area contributed by atoms with Crippen LogP contribution in [0.15, 0.2) is 60.7 Å². The van der Waals surface area contributed by atoms with Crippen molar-refractivity contribution in [2.75, 3.05) is 13.1 Å². The normalized spacial score (nSPS) is 9.12. The van der Waals surface area contributed by atoms with Gasteiger partial charge >= 0.3 is 0 Å². The van der Waals surface area contributed by atoms with Crippen LogP contribution in [0.3, 0.4) is 0 Å². The molecule has 0 saturated heterocycles. The van der Waals surface area contributed by atoms with Gasteiger partial charge in [-0.2, -0.15) is 0 Å². The number of benzene rings is 2. The first-order valence-corrected chi connectivity index (χ1v) is 5.39. The number of rotatable bonds is 2. The van der Waals surface area contributed by atoms with E-state index in [9.17, 15) is 0 Å². The van der Waals surface area contributed by atoms with Gasteiger partial charge in [0.2, 0.25) is 0 Å². The summed E-state index contributed by atoms with van der Waals surface area (Å²) < 4.78 is 0. The third-order valence-electron chi connectivity index (χ3n) is 2.05. The smallest absolute Gasteiger partial charge is 0.00461 e. The van der Waals surface area contributed by atoms with Gasteiger partial charge in [-0.1, -0.05) is 60.7 Å². The van der Waals surface area contributed by atoms with E-state index in [0.29, 0.717) is 13.1 Å². The molecule has 0 aliphatic rings. The summed E-state index contributed by atoms with van der Waals surface area (Å²) in [5, 5.41) is 0. The van der Waals surface area contributed by atoms with E-state index < -0.39 is 0 Å². The fourth-order valence-corrected chi connectivity index (χ4v) is 1.26. The van der Waals surface area contributed by atoms with Crippen LogP contribution >= 0.6 is 0 Å². The minimum absolute atomic E-state index is 0.597. The highest BCUT2D eigenvalue weighted by molar-refractivity contribution is 5.62. The lowest BCUT2D eigenvalue weighted by molar-refractivity contribution is 0.976. The van der Waals surface area contributed by atoms with Crippen molar-refractivity contribution in [1.29, 1.82) is 0 Å². The maximum atomic E-state index is 4.90. The van der Waals surface area contributed by atoms with E-state index >= 15 is 0 Å². The SMILES string of the molecule is NCCN.c1ccc(-c2ccccc2)cc1. The molecule has 0 aliphatic heterocycles. The van der Waals surface area contributed by atoms with Gasteiger partial charge in [0.15, 0.2) is 0 Å². The quantitative estimate of drug-likeness (QED) is 0.805. The molecule has 0 atom stereocenters. The van der Waals surface area contributed by atoms with Crippen LogP contribution in [-0.4, -0.2) is 13.1 Å². The third-order valence-corrected chi connectivity index (χ3v) is 2.05. The Labute approximate surface area is 96.9 Å². The van der Waals surface area contributed by atoms with Crippen LogP contribution in [0.2, 0.25) is 0 Å². The molecule has 2 rings (SSSR count). The van der Waals surface area contributed by atoms with Crippen LogP contribution in [0.5, 0.6) is 0 Å². The molecule has 0 heterocycles. The van der Waals surface area contributed by atoms with Crippen molar-refractivity contribution in [3.63, 3.8) is 0 Å². The molecule has 2 aromatic rings. The molecule has 16 heavy (non-hydrogen) atoms. The van der Waals surface area contributed by atoms with Gasteiger partial charge in [0.1, 0.15) is 0 Å². The van der Waals surface area contributed by atoms with Crippen molar-refractivity contribution >= 4 is 0 Å². The summed E-state index contributed by atoms with van der Waals surface area (Å²) in [6.45, 7) is 1.19. The first-order chi connectivity index (χ1) is 7.88. The van der Waals surface area contributed by atoms with E-state index in [0.717, 1.165) is 0 Å². The highest BCUT2D eigenvalue weighted by atomic mass is 14.6. The second-order valence-electron chi connectivity index (χ2n) is 3.31. The van der Waals surface area contributed by atoms with Crippen molar-refractivity contribution in [2.24, 2.45) is 11.5 Å². The second-order valence-corrected chi connectivity index (χ2v) is 3.31. The van der Waals surface area contributed by atoms with Crippen LogP contribution in [0.25, 0.3) is 11.1 Å². The summed E-state index contributed by atoms with van der Waals surface area (Å²) in [4.78, 5) is 0. The predicted octanol–water partition coefficient (Wildman–Crippen LogP) is 2.26. The molecule has 0 bridgehead atoms. The molecule has 0 saturated carbocycles. The Balaban J connectivity index is 0.000000280. The van der Waals surface area contributed by atoms with Crippen LogP contribution in [0.4, 0.5) is 0 Å². The minimum atomic E-state index is 0.597. The summed E-state index contributed by atoms with van der Waals surface area (Å²) in [7, 11) is 0. The zero-order chi connectivity index (χ0) is 11.6. The number of hydrogen-bond donors (Lipinski definition) is 2. The summed E-state index contributed by atoms with van der Waals surface area (Å²) in [6, 6.07) is 20.8. The molecule has 2 nitrogen and oxygen atoms in total. The number of hydrogen-bond acceptors (Lipinski definition) is 2. The zero-order valence-electron chi connectivity index (χ0n) is 9.34. The van der Waals surface area contributed by atoms with Crippen LogP contribution < -0.4 is 11.5 Å². The first kappa shape index (κ1) is 12.4. The van der Waals surface area contributed by atoms with Gasteiger partial charge in [0, 0.05) is 13.1 Å². The third kappa shape index (κ3) is 4.26. The van der Waals surface area contributed by atoms with Gasteiger partial charge in [-0.05, 0) is 11.1 Å². The Bertz CT molecular complexity index is 331. The first-order valence-electron chi connectivity index (χ1n) is 5.39. The predicted molar refractivity (Wildman–Crippen MR) is 70.0 cm³/mol. The topological polar surface area (TPSA) is 52.0 Å². The van der Waals surface area contributed by atoms with Crippen LogP contribution in [0.1, 0.15) is 0 Å². The van der Waals surface area contributed by atoms with Gasteiger partial charge in [0.05, 0.1) is 0 Å². The summed E-state index contributed by atoms with van der Waals surface area (Å²) in [5.41, 5.74) is 12.4. The lowest BCUT2D eigenvalue weighted by atomic mass is 10.1. The van der Waals surface area contributed by atoms with Crippen LogP contribution in [-0.2, 0) is 0 Å². The lowest BCUT2D eigenvalue weighted by Gasteiger charge is -1.98. The molecule has 4 N–H and O–H groups in total. The van der Waals surface area contributed by atoms with Gasteiger partial charge in [-0.3, -0.25) is 0 Å². The highest BCUT2D eigenvalue weighted by Crippen LogP contribution is 2.17. The van der Waals surface area contributed by atoms with Crippen molar-refractivity contribution in [3.05, 3.63) is 60.7 Å². The van der Waals surface area contributed by atoms with E-state index in [1.54, 1.807) is 0 Å². The summed E-state index contributed by atoms with van der Waals surface area (Å²) in [6.07, 6.45) is 0. The molecule has 2 aromatic carbocycles. The Morgan fingerprint density at radius 2 is 0.875 bits per heavy atom. The fraction of sp³-hybridized carbons (Fsp3) is 0.143. The molecule has 0 aliphatic carbocycles. The molecular weight excluding hydrogens is 196 g/mol. The van der Waals surface area contributed by atoms with Crippen molar-refractivity contribution in [2.45, 2.75) is 0 Å². The molecule has 0 aromatic heterocycles. The van der Waals surface area contributed by atoms with Crippen molar-refractivity contribution < 1.29 is 0 Å². The second kappa shape index (κ2) is 7.63. The molecule has 2 heteroatoms. The maximum Gasteiger partial charge on any atom is 0.00461 e. The van der Waals surface area contributed by atoms with Gasteiger partial charge < -0.3 is 11.5 Å². The van der Waals surface area contributed by atoms with Crippen molar-refractivity contribution in [3.8, 4) is 11.1 Å². The highest BCUT2D eigenvalue weighted by Gasteiger charge is 1.91. The molecule has 0 radical (unpaired) electrons. The van der Waals surface area contributed by atoms with E-state index in [1.165, 1.54) is 11.1 Å². The molecule has 0 unspecified atom stereocenters. The maximum absolute atomic E-state index is 4.90. The standard InChI is InChI=1S/C12H10.C2H8N2/c1-3-7-11(8-4-1)12-9-5-2-6-10-12;3-1-2-4/h1-10H;1-4H2. The Morgan fingerprint density at radius 1 is 0.562 bits per heavy atom. The summed E-state index contributed by atoms with van der Waals surface area (Å²) >= 11 is 0. The molecule has 0 fully saturated rings. The van der Waals surface area contributed by atoms with Gasteiger partial charge in [0.25, 0.3) is 0 Å². The molecular formula is C14H18N2. The Hall–Kier alpha value is -1.64. The summed E-state index contributed by atoms with van der Waals surface area (Å²) in [5.74, 6) is 0. The fourth-order valence-electron chi connectivity index (χ4n) is 1.26.